The molecule has 0 saturated heterocycles. The third-order valence-corrected chi connectivity index (χ3v) is 3.49. The number of hydrogen-bond acceptors (Lipinski definition) is 3. The van der Waals surface area contributed by atoms with Gasteiger partial charge in [0.15, 0.2) is 0 Å². The number of nitrogens with two attached hydrogens (primary N) is 1. The number of nitrogens with one attached hydrogen (secondary N) is 1. The lowest BCUT2D eigenvalue weighted by Crippen LogP contribution is -2.30. The van der Waals surface area contributed by atoms with Crippen LogP contribution < -0.4 is 16.0 Å². The minimum Gasteiger partial charge on any atom is -0.489 e. The monoisotopic (exact) mass is 322 g/mol. The SMILES string of the molecule is NNC(=O)CCc1ccc(OCc2ccc(F)cc2Cl)cc1. The van der Waals surface area contributed by atoms with Crippen molar-refractivity contribution in [3.63, 3.8) is 0 Å². The number of rotatable bonds is 6. The molecule has 0 fully saturated rings. The first-order valence-electron chi connectivity index (χ1n) is 6.73. The van der Waals surface area contributed by atoms with Gasteiger partial charge in [-0.25, -0.2) is 10.2 Å². The van der Waals surface area contributed by atoms with Crippen LogP contribution in [-0.4, -0.2) is 5.91 Å². The Bertz CT molecular complexity index is 647. The molecule has 3 N–H and O–H groups in total. The van der Waals surface area contributed by atoms with Crippen molar-refractivity contribution in [2.45, 2.75) is 19.4 Å². The number of halogens is 2. The molecule has 0 aliphatic rings. The van der Waals surface area contributed by atoms with Gasteiger partial charge in [0, 0.05) is 12.0 Å². The standard InChI is InChI=1S/C16H16ClFN2O2/c17-15-9-13(18)5-4-12(15)10-22-14-6-1-11(2-7-14)3-8-16(21)20-19/h1-2,4-7,9H,3,8,10,19H2,(H,20,21). The summed E-state index contributed by atoms with van der Waals surface area (Å²) in [5, 5.41) is 0.337. The molecule has 0 spiro atoms. The van der Waals surface area contributed by atoms with Crippen molar-refractivity contribution >= 4 is 17.5 Å². The van der Waals surface area contributed by atoms with Gasteiger partial charge < -0.3 is 4.74 Å². The van der Waals surface area contributed by atoms with Crippen LogP contribution in [0.3, 0.4) is 0 Å². The maximum Gasteiger partial charge on any atom is 0.234 e. The molecule has 1 amide bonds. The molecule has 0 radical (unpaired) electrons. The number of benzene rings is 2. The Labute approximate surface area is 133 Å². The predicted molar refractivity (Wildman–Crippen MR) is 82.8 cm³/mol. The highest BCUT2D eigenvalue weighted by Crippen LogP contribution is 2.20. The zero-order valence-corrected chi connectivity index (χ0v) is 12.6. The van der Waals surface area contributed by atoms with E-state index in [1.54, 1.807) is 6.07 Å². The minimum atomic E-state index is -0.375. The zero-order chi connectivity index (χ0) is 15.9. The van der Waals surface area contributed by atoms with Gasteiger partial charge in [0.2, 0.25) is 5.91 Å². The van der Waals surface area contributed by atoms with E-state index in [1.807, 2.05) is 24.3 Å². The molecule has 2 aromatic carbocycles. The fourth-order valence-electron chi connectivity index (χ4n) is 1.88. The molecule has 22 heavy (non-hydrogen) atoms. The number of hydrazine groups is 1. The van der Waals surface area contributed by atoms with E-state index in [2.05, 4.69) is 5.43 Å². The van der Waals surface area contributed by atoms with Gasteiger partial charge in [0.05, 0.1) is 5.02 Å². The zero-order valence-electron chi connectivity index (χ0n) is 11.8. The second-order valence-corrected chi connectivity index (χ2v) is 5.14. The van der Waals surface area contributed by atoms with E-state index < -0.39 is 0 Å². The predicted octanol–water partition coefficient (Wildman–Crippen LogP) is 2.98. The van der Waals surface area contributed by atoms with E-state index in [0.717, 1.165) is 5.56 Å². The Kier molecular flexibility index (Phi) is 5.75. The fraction of sp³-hybridized carbons (Fsp3) is 0.188. The summed E-state index contributed by atoms with van der Waals surface area (Å²) in [6.45, 7) is 0.258. The first-order valence-corrected chi connectivity index (χ1v) is 7.11. The van der Waals surface area contributed by atoms with Crippen LogP contribution in [0, 0.1) is 5.82 Å². The van der Waals surface area contributed by atoms with Crippen LogP contribution in [0.4, 0.5) is 4.39 Å². The van der Waals surface area contributed by atoms with E-state index in [-0.39, 0.29) is 18.3 Å². The molecule has 116 valence electrons. The summed E-state index contributed by atoms with van der Waals surface area (Å²) in [6, 6.07) is 11.6. The van der Waals surface area contributed by atoms with Gasteiger partial charge in [-0.2, -0.15) is 0 Å². The van der Waals surface area contributed by atoms with Crippen molar-refractivity contribution in [2.75, 3.05) is 0 Å². The van der Waals surface area contributed by atoms with E-state index in [0.29, 0.717) is 29.2 Å². The third-order valence-electron chi connectivity index (χ3n) is 3.13. The molecule has 0 aliphatic heterocycles. The van der Waals surface area contributed by atoms with Crippen LogP contribution >= 0.6 is 11.6 Å². The number of aryl methyl sites for hydroxylation is 1. The first-order chi connectivity index (χ1) is 10.6. The minimum absolute atomic E-state index is 0.203. The quantitative estimate of drug-likeness (QED) is 0.488. The van der Waals surface area contributed by atoms with Crippen molar-refractivity contribution in [1.82, 2.24) is 5.43 Å². The van der Waals surface area contributed by atoms with E-state index in [1.165, 1.54) is 12.1 Å². The molecule has 2 aromatic rings. The summed E-state index contributed by atoms with van der Waals surface area (Å²) >= 11 is 5.94. The Morgan fingerprint density at radius 3 is 2.59 bits per heavy atom. The molecule has 4 nitrogen and oxygen atoms in total. The molecular weight excluding hydrogens is 307 g/mol. The average Bonchev–Trinajstić information content (AvgIpc) is 2.52. The third kappa shape index (κ3) is 4.72. The van der Waals surface area contributed by atoms with Gasteiger partial charge in [0.1, 0.15) is 18.2 Å². The molecule has 0 atom stereocenters. The molecule has 0 saturated carbocycles. The van der Waals surface area contributed by atoms with Crippen LogP contribution in [-0.2, 0) is 17.8 Å². The normalized spacial score (nSPS) is 10.3. The van der Waals surface area contributed by atoms with E-state index >= 15 is 0 Å². The second-order valence-electron chi connectivity index (χ2n) is 4.74. The number of carbonyl (C=O) groups excluding carboxylic acids is 1. The van der Waals surface area contributed by atoms with Crippen molar-refractivity contribution < 1.29 is 13.9 Å². The summed E-state index contributed by atoms with van der Waals surface area (Å²) in [6.07, 6.45) is 0.939. The maximum absolute atomic E-state index is 12.9. The molecular formula is C16H16ClFN2O2. The second kappa shape index (κ2) is 7.77. The first kappa shape index (κ1) is 16.3. The number of carbonyl (C=O) groups is 1. The van der Waals surface area contributed by atoms with Crippen LogP contribution in [0.1, 0.15) is 17.5 Å². The highest BCUT2D eigenvalue weighted by molar-refractivity contribution is 6.31. The van der Waals surface area contributed by atoms with E-state index in [9.17, 15) is 9.18 Å². The topological polar surface area (TPSA) is 64.3 Å². The van der Waals surface area contributed by atoms with Gasteiger partial charge in [0.25, 0.3) is 0 Å². The highest BCUT2D eigenvalue weighted by atomic mass is 35.5. The maximum atomic E-state index is 12.9. The Morgan fingerprint density at radius 2 is 1.95 bits per heavy atom. The van der Waals surface area contributed by atoms with Gasteiger partial charge in [-0.1, -0.05) is 29.8 Å². The van der Waals surface area contributed by atoms with Gasteiger partial charge in [-0.05, 0) is 36.2 Å². The Balaban J connectivity index is 1.89. The lowest BCUT2D eigenvalue weighted by atomic mass is 10.1. The highest BCUT2D eigenvalue weighted by Gasteiger charge is 2.04. The van der Waals surface area contributed by atoms with Crippen molar-refractivity contribution in [3.8, 4) is 5.75 Å². The lowest BCUT2D eigenvalue weighted by molar-refractivity contribution is -0.121. The molecule has 0 unspecified atom stereocenters. The van der Waals surface area contributed by atoms with Crippen molar-refractivity contribution in [3.05, 3.63) is 64.4 Å². The van der Waals surface area contributed by atoms with Gasteiger partial charge in [-0.3, -0.25) is 10.2 Å². The van der Waals surface area contributed by atoms with Crippen LogP contribution in [0.5, 0.6) is 5.75 Å². The van der Waals surface area contributed by atoms with Crippen LogP contribution in [0.2, 0.25) is 5.02 Å². The molecule has 2 rings (SSSR count). The molecule has 0 heterocycles. The Hall–Kier alpha value is -2.11. The van der Waals surface area contributed by atoms with E-state index in [4.69, 9.17) is 22.2 Å². The lowest BCUT2D eigenvalue weighted by Gasteiger charge is -2.09. The van der Waals surface area contributed by atoms with Crippen molar-refractivity contribution in [2.24, 2.45) is 5.84 Å². The number of ether oxygens (including phenoxy) is 1. The molecule has 6 heteroatoms. The largest absolute Gasteiger partial charge is 0.489 e. The summed E-state index contributed by atoms with van der Waals surface area (Å²) in [5.41, 5.74) is 3.82. The Morgan fingerprint density at radius 1 is 1.23 bits per heavy atom. The van der Waals surface area contributed by atoms with Gasteiger partial charge >= 0.3 is 0 Å². The smallest absolute Gasteiger partial charge is 0.234 e. The summed E-state index contributed by atoms with van der Waals surface area (Å²) < 4.78 is 18.6. The summed E-state index contributed by atoms with van der Waals surface area (Å²) in [5.74, 6) is 5.12. The fourth-order valence-corrected chi connectivity index (χ4v) is 2.10. The summed E-state index contributed by atoms with van der Waals surface area (Å²) in [4.78, 5) is 11.1. The molecule has 0 bridgehead atoms. The van der Waals surface area contributed by atoms with Crippen LogP contribution in [0.25, 0.3) is 0 Å². The number of amides is 1. The molecule has 0 aliphatic carbocycles. The average molecular weight is 323 g/mol. The van der Waals surface area contributed by atoms with Gasteiger partial charge in [-0.15, -0.1) is 0 Å². The molecule has 0 aromatic heterocycles. The number of hydrogen-bond donors (Lipinski definition) is 2. The summed E-state index contributed by atoms with van der Waals surface area (Å²) in [7, 11) is 0. The van der Waals surface area contributed by atoms with Crippen molar-refractivity contribution in [1.29, 1.82) is 0 Å². The van der Waals surface area contributed by atoms with Crippen LogP contribution in [0.15, 0.2) is 42.5 Å².